The second kappa shape index (κ2) is 8.03. The Morgan fingerprint density at radius 1 is 1.38 bits per heavy atom. The number of aryl methyl sites for hydroxylation is 1. The van der Waals surface area contributed by atoms with Crippen molar-refractivity contribution in [2.75, 3.05) is 31.5 Å². The first-order valence-corrected chi connectivity index (χ1v) is 8.03. The number of hydrogen-bond donors (Lipinski definition) is 2. The molecule has 1 aliphatic heterocycles. The Balaban J connectivity index is 1.71. The third-order valence-electron chi connectivity index (χ3n) is 4.26. The Hall–Kier alpha value is -1.55. The summed E-state index contributed by atoms with van der Waals surface area (Å²) in [7, 11) is 0. The third kappa shape index (κ3) is 5.38. The highest BCUT2D eigenvalue weighted by Gasteiger charge is 2.17. The molecule has 1 fully saturated rings. The molecule has 1 saturated heterocycles. The molecule has 1 aliphatic rings. The fourth-order valence-corrected chi connectivity index (χ4v) is 2.87. The molecule has 0 aromatic heterocycles. The summed E-state index contributed by atoms with van der Waals surface area (Å²) in [4.78, 5) is 6.97. The Labute approximate surface area is 128 Å². The number of nitrogens with zero attached hydrogens (tertiary/aromatic N) is 2. The first kappa shape index (κ1) is 15.8. The summed E-state index contributed by atoms with van der Waals surface area (Å²) in [5.41, 5.74) is 8.17. The number of rotatable bonds is 5. The van der Waals surface area contributed by atoms with Gasteiger partial charge < -0.3 is 16.0 Å². The number of nitrogens with two attached hydrogens (primary N) is 1. The fraction of sp³-hybridized carbons (Fsp3) is 0.588. The minimum atomic E-state index is 0.520. The summed E-state index contributed by atoms with van der Waals surface area (Å²) in [6.07, 6.45) is 3.75. The second-order valence-electron chi connectivity index (χ2n) is 5.93. The van der Waals surface area contributed by atoms with Crippen molar-refractivity contribution in [3.8, 4) is 0 Å². The van der Waals surface area contributed by atoms with Gasteiger partial charge >= 0.3 is 0 Å². The maximum Gasteiger partial charge on any atom is 0.193 e. The zero-order valence-corrected chi connectivity index (χ0v) is 13.3. The zero-order valence-electron chi connectivity index (χ0n) is 13.3. The lowest BCUT2D eigenvalue weighted by Crippen LogP contribution is -2.33. The monoisotopic (exact) mass is 288 g/mol. The van der Waals surface area contributed by atoms with Crippen LogP contribution in [-0.2, 0) is 0 Å². The lowest BCUT2D eigenvalue weighted by molar-refractivity contribution is 0.188. The summed E-state index contributed by atoms with van der Waals surface area (Å²) >= 11 is 0. The van der Waals surface area contributed by atoms with E-state index in [1.165, 1.54) is 38.0 Å². The average Bonchev–Trinajstić information content (AvgIpc) is 2.48. The lowest BCUT2D eigenvalue weighted by atomic mass is 9.94. The third-order valence-corrected chi connectivity index (χ3v) is 4.26. The Morgan fingerprint density at radius 3 is 2.81 bits per heavy atom. The second-order valence-corrected chi connectivity index (χ2v) is 5.93. The molecule has 1 heterocycles. The van der Waals surface area contributed by atoms with Gasteiger partial charge in [0.15, 0.2) is 5.96 Å². The van der Waals surface area contributed by atoms with Gasteiger partial charge in [-0.1, -0.05) is 19.1 Å². The van der Waals surface area contributed by atoms with Gasteiger partial charge in [-0.25, -0.2) is 0 Å². The predicted octanol–water partition coefficient (Wildman–Crippen LogP) is 2.84. The van der Waals surface area contributed by atoms with E-state index in [1.807, 2.05) is 12.1 Å². The predicted molar refractivity (Wildman–Crippen MR) is 90.7 cm³/mol. The minimum Gasteiger partial charge on any atom is -0.370 e. The van der Waals surface area contributed by atoms with Gasteiger partial charge in [0, 0.05) is 12.2 Å². The molecule has 0 bridgehead atoms. The fourth-order valence-electron chi connectivity index (χ4n) is 2.87. The van der Waals surface area contributed by atoms with Crippen LogP contribution in [0.25, 0.3) is 0 Å². The molecule has 0 atom stereocenters. The highest BCUT2D eigenvalue weighted by Crippen LogP contribution is 2.20. The number of benzene rings is 1. The summed E-state index contributed by atoms with van der Waals surface area (Å²) in [6, 6.07) is 8.17. The average molecular weight is 288 g/mol. The van der Waals surface area contributed by atoms with Crippen molar-refractivity contribution in [2.45, 2.75) is 33.1 Å². The largest absolute Gasteiger partial charge is 0.370 e. The molecule has 4 nitrogen and oxygen atoms in total. The zero-order chi connectivity index (χ0) is 15.1. The topological polar surface area (TPSA) is 53.6 Å². The molecule has 0 amide bonds. The van der Waals surface area contributed by atoms with E-state index >= 15 is 0 Å². The van der Waals surface area contributed by atoms with Gasteiger partial charge in [0.2, 0.25) is 0 Å². The molecular weight excluding hydrogens is 260 g/mol. The number of nitrogens with one attached hydrogen (secondary N) is 1. The number of likely N-dealkylation sites (tertiary alicyclic amines) is 1. The number of guanidine groups is 1. The summed E-state index contributed by atoms with van der Waals surface area (Å²) in [5.74, 6) is 1.33. The van der Waals surface area contributed by atoms with E-state index in [2.05, 4.69) is 41.2 Å². The molecule has 21 heavy (non-hydrogen) atoms. The molecule has 0 saturated carbocycles. The molecule has 4 heteroatoms. The van der Waals surface area contributed by atoms with E-state index in [9.17, 15) is 0 Å². The standard InChI is InChI=1S/C17H28N4/c1-3-21-11-8-15(9-12-21)7-10-19-17(18)20-16-6-4-5-14(2)13-16/h4-6,13,15H,3,7-12H2,1-2H3,(H3,18,19,20). The van der Waals surface area contributed by atoms with E-state index in [0.717, 1.165) is 24.6 Å². The Morgan fingerprint density at radius 2 is 2.14 bits per heavy atom. The van der Waals surface area contributed by atoms with Gasteiger partial charge in [0.05, 0.1) is 0 Å². The van der Waals surface area contributed by atoms with Crippen LogP contribution in [0.4, 0.5) is 5.69 Å². The first-order valence-electron chi connectivity index (χ1n) is 8.03. The Kier molecular flexibility index (Phi) is 6.05. The first-order chi connectivity index (χ1) is 10.2. The quantitative estimate of drug-likeness (QED) is 0.647. The minimum absolute atomic E-state index is 0.520. The summed E-state index contributed by atoms with van der Waals surface area (Å²) < 4.78 is 0. The molecule has 1 aromatic carbocycles. The number of hydrogen-bond acceptors (Lipinski definition) is 2. The highest BCUT2D eigenvalue weighted by atomic mass is 15.1. The summed E-state index contributed by atoms with van der Waals surface area (Å²) in [6.45, 7) is 8.78. The molecule has 0 spiro atoms. The van der Waals surface area contributed by atoms with Crippen LogP contribution >= 0.6 is 0 Å². The molecule has 0 aliphatic carbocycles. The lowest BCUT2D eigenvalue weighted by Gasteiger charge is -2.30. The number of aliphatic imine (C=N–C) groups is 1. The van der Waals surface area contributed by atoms with Gasteiger partial charge in [-0.15, -0.1) is 0 Å². The van der Waals surface area contributed by atoms with Crippen LogP contribution in [0.15, 0.2) is 29.3 Å². The van der Waals surface area contributed by atoms with Crippen LogP contribution in [0.2, 0.25) is 0 Å². The molecule has 0 radical (unpaired) electrons. The van der Waals surface area contributed by atoms with Crippen LogP contribution in [-0.4, -0.2) is 37.0 Å². The Bertz CT molecular complexity index is 462. The van der Waals surface area contributed by atoms with Gasteiger partial charge in [-0.2, -0.15) is 0 Å². The van der Waals surface area contributed by atoms with Crippen LogP contribution < -0.4 is 11.1 Å². The van der Waals surface area contributed by atoms with Crippen LogP contribution in [0, 0.1) is 12.8 Å². The van der Waals surface area contributed by atoms with Crippen molar-refractivity contribution in [3.05, 3.63) is 29.8 Å². The van der Waals surface area contributed by atoms with Crippen molar-refractivity contribution in [1.82, 2.24) is 4.90 Å². The van der Waals surface area contributed by atoms with E-state index in [-0.39, 0.29) is 0 Å². The van der Waals surface area contributed by atoms with Crippen LogP contribution in [0.3, 0.4) is 0 Å². The summed E-state index contributed by atoms with van der Waals surface area (Å²) in [5, 5.41) is 3.16. The van der Waals surface area contributed by atoms with Gasteiger partial charge in [-0.05, 0) is 69.4 Å². The molecular formula is C17H28N4. The normalized spacial score (nSPS) is 17.9. The maximum absolute atomic E-state index is 5.95. The smallest absolute Gasteiger partial charge is 0.193 e. The van der Waals surface area contributed by atoms with Gasteiger partial charge in [-0.3, -0.25) is 4.99 Å². The van der Waals surface area contributed by atoms with E-state index in [4.69, 9.17) is 5.73 Å². The molecule has 2 rings (SSSR count). The molecule has 1 aromatic rings. The number of piperidine rings is 1. The highest BCUT2D eigenvalue weighted by molar-refractivity contribution is 5.92. The van der Waals surface area contributed by atoms with Crippen LogP contribution in [0.5, 0.6) is 0 Å². The number of anilines is 1. The van der Waals surface area contributed by atoms with Crippen molar-refractivity contribution >= 4 is 11.6 Å². The molecule has 0 unspecified atom stereocenters. The molecule has 3 N–H and O–H groups in total. The van der Waals surface area contributed by atoms with Crippen molar-refractivity contribution in [1.29, 1.82) is 0 Å². The van der Waals surface area contributed by atoms with Gasteiger partial charge in [0.25, 0.3) is 0 Å². The van der Waals surface area contributed by atoms with Crippen molar-refractivity contribution in [3.63, 3.8) is 0 Å². The molecule has 116 valence electrons. The van der Waals surface area contributed by atoms with Gasteiger partial charge in [0.1, 0.15) is 0 Å². The van der Waals surface area contributed by atoms with Crippen LogP contribution in [0.1, 0.15) is 31.7 Å². The van der Waals surface area contributed by atoms with E-state index in [1.54, 1.807) is 0 Å². The van der Waals surface area contributed by atoms with Crippen molar-refractivity contribution < 1.29 is 0 Å². The van der Waals surface area contributed by atoms with Crippen molar-refractivity contribution in [2.24, 2.45) is 16.6 Å². The SMILES string of the molecule is CCN1CCC(CCN=C(N)Nc2cccc(C)c2)CC1. The van der Waals surface area contributed by atoms with E-state index in [0.29, 0.717) is 5.96 Å². The van der Waals surface area contributed by atoms with E-state index < -0.39 is 0 Å². The maximum atomic E-state index is 5.95.